The van der Waals surface area contributed by atoms with E-state index in [1.165, 1.54) is 12.1 Å². The summed E-state index contributed by atoms with van der Waals surface area (Å²) in [7, 11) is 1.79. The average Bonchev–Trinajstić information content (AvgIpc) is 2.69. The standard InChI is InChI=1S/C14H14ClFN2O/c1-17-6-7-18-12-3-2-9(16)8-11(12)10(4-5-15)13(18)14(17)19/h2-3,8H,4-7H2,1H3. The molecular formula is C14H14ClFN2O. The third-order valence-electron chi connectivity index (χ3n) is 3.68. The van der Waals surface area contributed by atoms with Crippen LogP contribution in [0.2, 0.25) is 0 Å². The van der Waals surface area contributed by atoms with Crippen LogP contribution in [0, 0.1) is 5.82 Å². The molecule has 0 saturated carbocycles. The van der Waals surface area contributed by atoms with Crippen LogP contribution < -0.4 is 0 Å². The molecule has 5 heteroatoms. The Morgan fingerprint density at radius 3 is 2.89 bits per heavy atom. The molecule has 0 N–H and O–H groups in total. The highest BCUT2D eigenvalue weighted by atomic mass is 35.5. The molecule has 0 fully saturated rings. The van der Waals surface area contributed by atoms with Gasteiger partial charge in [-0.15, -0.1) is 11.6 Å². The Morgan fingerprint density at radius 1 is 1.37 bits per heavy atom. The van der Waals surface area contributed by atoms with E-state index in [2.05, 4.69) is 0 Å². The zero-order valence-corrected chi connectivity index (χ0v) is 11.4. The lowest BCUT2D eigenvalue weighted by Crippen LogP contribution is -2.37. The second-order valence-corrected chi connectivity index (χ2v) is 5.18. The van der Waals surface area contributed by atoms with Gasteiger partial charge >= 0.3 is 0 Å². The van der Waals surface area contributed by atoms with Crippen molar-refractivity contribution in [1.82, 2.24) is 9.47 Å². The van der Waals surface area contributed by atoms with Gasteiger partial charge in [-0.1, -0.05) is 0 Å². The monoisotopic (exact) mass is 280 g/mol. The van der Waals surface area contributed by atoms with Gasteiger partial charge in [0, 0.05) is 36.9 Å². The zero-order chi connectivity index (χ0) is 13.6. The quantitative estimate of drug-likeness (QED) is 0.777. The van der Waals surface area contributed by atoms with E-state index in [0.29, 0.717) is 24.5 Å². The molecule has 2 aromatic rings. The van der Waals surface area contributed by atoms with E-state index in [1.807, 2.05) is 4.57 Å². The lowest BCUT2D eigenvalue weighted by molar-refractivity contribution is 0.0750. The van der Waals surface area contributed by atoms with Crippen LogP contribution in [-0.4, -0.2) is 34.8 Å². The number of hydrogen-bond acceptors (Lipinski definition) is 1. The highest BCUT2D eigenvalue weighted by Crippen LogP contribution is 2.30. The number of halogens is 2. The Kier molecular flexibility index (Phi) is 2.97. The molecule has 1 amide bonds. The topological polar surface area (TPSA) is 25.2 Å². The summed E-state index contributed by atoms with van der Waals surface area (Å²) in [5, 5.41) is 0.805. The molecule has 0 bridgehead atoms. The van der Waals surface area contributed by atoms with E-state index >= 15 is 0 Å². The number of carbonyl (C=O) groups excluding carboxylic acids is 1. The van der Waals surface area contributed by atoms with Gasteiger partial charge in [-0.25, -0.2) is 4.39 Å². The summed E-state index contributed by atoms with van der Waals surface area (Å²) in [4.78, 5) is 14.0. The van der Waals surface area contributed by atoms with Crippen molar-refractivity contribution < 1.29 is 9.18 Å². The minimum Gasteiger partial charge on any atom is -0.339 e. The third kappa shape index (κ3) is 1.82. The molecule has 0 saturated heterocycles. The van der Waals surface area contributed by atoms with Gasteiger partial charge in [0.2, 0.25) is 0 Å². The fourth-order valence-electron chi connectivity index (χ4n) is 2.75. The fourth-order valence-corrected chi connectivity index (χ4v) is 2.94. The summed E-state index contributed by atoms with van der Waals surface area (Å²) < 4.78 is 15.4. The highest BCUT2D eigenvalue weighted by molar-refractivity contribution is 6.18. The van der Waals surface area contributed by atoms with E-state index in [4.69, 9.17) is 11.6 Å². The predicted molar refractivity (Wildman–Crippen MR) is 73.3 cm³/mol. The number of alkyl halides is 1. The number of amides is 1. The van der Waals surface area contributed by atoms with Gasteiger partial charge in [0.05, 0.1) is 0 Å². The number of hydrogen-bond donors (Lipinski definition) is 0. The normalized spacial score (nSPS) is 15.1. The predicted octanol–water partition coefficient (Wildman–Crippen LogP) is 2.65. The van der Waals surface area contributed by atoms with Gasteiger partial charge in [0.25, 0.3) is 5.91 Å². The maximum atomic E-state index is 13.5. The van der Waals surface area contributed by atoms with Gasteiger partial charge in [-0.2, -0.15) is 0 Å². The molecule has 0 spiro atoms. The number of likely N-dealkylation sites (N-methyl/N-ethyl adjacent to an activating group) is 1. The number of aryl methyl sites for hydroxylation is 1. The summed E-state index contributed by atoms with van der Waals surface area (Å²) >= 11 is 5.83. The van der Waals surface area contributed by atoms with Gasteiger partial charge in [0.15, 0.2) is 0 Å². The molecule has 2 heterocycles. The molecule has 1 aliphatic rings. The molecule has 1 aliphatic heterocycles. The number of rotatable bonds is 2. The van der Waals surface area contributed by atoms with Crippen molar-refractivity contribution in [3.63, 3.8) is 0 Å². The molecule has 0 radical (unpaired) electrons. The van der Waals surface area contributed by atoms with Crippen LogP contribution in [0.4, 0.5) is 4.39 Å². The Balaban J connectivity index is 2.34. The first-order chi connectivity index (χ1) is 9.13. The van der Waals surface area contributed by atoms with Gasteiger partial charge < -0.3 is 9.47 Å². The number of benzene rings is 1. The fraction of sp³-hybridized carbons (Fsp3) is 0.357. The highest BCUT2D eigenvalue weighted by Gasteiger charge is 2.28. The van der Waals surface area contributed by atoms with Crippen LogP contribution in [0.1, 0.15) is 16.1 Å². The van der Waals surface area contributed by atoms with Crippen LogP contribution in [-0.2, 0) is 13.0 Å². The maximum Gasteiger partial charge on any atom is 0.270 e. The largest absolute Gasteiger partial charge is 0.339 e. The molecule has 3 nitrogen and oxygen atoms in total. The minimum absolute atomic E-state index is 0.0111. The summed E-state index contributed by atoms with van der Waals surface area (Å²) in [6.07, 6.45) is 0.573. The van der Waals surface area contributed by atoms with Crippen molar-refractivity contribution in [2.75, 3.05) is 19.5 Å². The van der Waals surface area contributed by atoms with Crippen LogP contribution in [0.15, 0.2) is 18.2 Å². The second-order valence-electron chi connectivity index (χ2n) is 4.81. The molecule has 1 aromatic carbocycles. The van der Waals surface area contributed by atoms with Gasteiger partial charge in [-0.3, -0.25) is 4.79 Å². The van der Waals surface area contributed by atoms with Crippen molar-refractivity contribution in [2.45, 2.75) is 13.0 Å². The van der Waals surface area contributed by atoms with Crippen LogP contribution in [0.3, 0.4) is 0 Å². The van der Waals surface area contributed by atoms with E-state index in [0.717, 1.165) is 23.0 Å². The van der Waals surface area contributed by atoms with Crippen molar-refractivity contribution in [2.24, 2.45) is 0 Å². The summed E-state index contributed by atoms with van der Waals surface area (Å²) in [6.45, 7) is 1.41. The van der Waals surface area contributed by atoms with Gasteiger partial charge in [-0.05, 0) is 30.2 Å². The smallest absolute Gasteiger partial charge is 0.270 e. The Morgan fingerprint density at radius 2 is 2.16 bits per heavy atom. The Labute approximate surface area is 115 Å². The number of carbonyl (C=O) groups is 1. The first kappa shape index (κ1) is 12.5. The maximum absolute atomic E-state index is 13.5. The van der Waals surface area contributed by atoms with Crippen molar-refractivity contribution >= 4 is 28.4 Å². The average molecular weight is 281 g/mol. The number of aromatic nitrogens is 1. The Bertz CT molecular complexity index is 665. The van der Waals surface area contributed by atoms with Crippen molar-refractivity contribution in [3.05, 3.63) is 35.3 Å². The van der Waals surface area contributed by atoms with E-state index < -0.39 is 0 Å². The van der Waals surface area contributed by atoms with Crippen LogP contribution in [0.25, 0.3) is 10.9 Å². The molecule has 19 heavy (non-hydrogen) atoms. The zero-order valence-electron chi connectivity index (χ0n) is 10.6. The lowest BCUT2D eigenvalue weighted by atomic mass is 10.1. The molecule has 1 aromatic heterocycles. The van der Waals surface area contributed by atoms with Crippen molar-refractivity contribution in [1.29, 1.82) is 0 Å². The summed E-state index contributed by atoms with van der Waals surface area (Å²) in [6, 6.07) is 4.67. The number of nitrogens with zero attached hydrogens (tertiary/aromatic N) is 2. The second kappa shape index (κ2) is 4.53. The van der Waals surface area contributed by atoms with Crippen LogP contribution in [0.5, 0.6) is 0 Å². The number of fused-ring (bicyclic) bond motifs is 3. The van der Waals surface area contributed by atoms with E-state index in [9.17, 15) is 9.18 Å². The van der Waals surface area contributed by atoms with Crippen LogP contribution >= 0.6 is 11.6 Å². The molecule has 0 atom stereocenters. The molecular weight excluding hydrogens is 267 g/mol. The molecule has 0 unspecified atom stereocenters. The van der Waals surface area contributed by atoms with Crippen molar-refractivity contribution in [3.8, 4) is 0 Å². The molecule has 3 rings (SSSR count). The Hall–Kier alpha value is -1.55. The SMILES string of the molecule is CN1CCn2c(c(CCCl)c3cc(F)ccc32)C1=O. The van der Waals surface area contributed by atoms with Gasteiger partial charge in [0.1, 0.15) is 11.5 Å². The minimum atomic E-state index is -0.285. The third-order valence-corrected chi connectivity index (χ3v) is 3.87. The first-order valence-electron chi connectivity index (χ1n) is 6.25. The first-order valence-corrected chi connectivity index (χ1v) is 6.79. The molecule has 100 valence electrons. The summed E-state index contributed by atoms with van der Waals surface area (Å²) in [5.41, 5.74) is 2.44. The van der Waals surface area contributed by atoms with E-state index in [-0.39, 0.29) is 11.7 Å². The summed E-state index contributed by atoms with van der Waals surface area (Å²) in [5.74, 6) is 0.120. The lowest BCUT2D eigenvalue weighted by Gasteiger charge is -2.25. The van der Waals surface area contributed by atoms with E-state index in [1.54, 1.807) is 18.0 Å². The molecule has 0 aliphatic carbocycles.